The van der Waals surface area contributed by atoms with Gasteiger partial charge in [-0.15, -0.1) is 0 Å². The van der Waals surface area contributed by atoms with Crippen molar-refractivity contribution >= 4 is 16.0 Å². The number of rotatable bonds is 7. The van der Waals surface area contributed by atoms with Crippen molar-refractivity contribution in [2.45, 2.75) is 30.2 Å². The van der Waals surface area contributed by atoms with Gasteiger partial charge in [0, 0.05) is 12.6 Å². The highest BCUT2D eigenvalue weighted by Gasteiger charge is 2.38. The number of carboxylic acid groups (broad SMARTS) is 1. The number of aliphatic carboxylic acids is 1. The lowest BCUT2D eigenvalue weighted by molar-refractivity contribution is -0.137. The Morgan fingerprint density at radius 2 is 1.95 bits per heavy atom. The Kier molecular flexibility index (Phi) is 4.29. The molecule has 0 atom stereocenters. The van der Waals surface area contributed by atoms with E-state index in [1.54, 1.807) is 12.1 Å². The fourth-order valence-electron chi connectivity index (χ4n) is 1.95. The average molecular weight is 299 g/mol. The second-order valence-corrected chi connectivity index (χ2v) is 6.56. The lowest BCUT2D eigenvalue weighted by Crippen LogP contribution is -2.35. The summed E-state index contributed by atoms with van der Waals surface area (Å²) in [5.74, 6) is -0.423. The molecule has 0 unspecified atom stereocenters. The maximum atomic E-state index is 12.5. The van der Waals surface area contributed by atoms with Crippen molar-refractivity contribution < 1.29 is 23.1 Å². The van der Waals surface area contributed by atoms with Gasteiger partial charge in [0.25, 0.3) is 0 Å². The molecule has 0 amide bonds. The summed E-state index contributed by atoms with van der Waals surface area (Å²) in [6, 6.07) is 6.04. The summed E-state index contributed by atoms with van der Waals surface area (Å²) in [5.41, 5.74) is 0. The number of carbonyl (C=O) groups is 1. The second kappa shape index (κ2) is 5.80. The van der Waals surface area contributed by atoms with Gasteiger partial charge in [-0.05, 0) is 37.1 Å². The largest absolute Gasteiger partial charge is 0.497 e. The molecule has 110 valence electrons. The molecule has 1 N–H and O–H groups in total. The van der Waals surface area contributed by atoms with Gasteiger partial charge in [-0.25, -0.2) is 8.42 Å². The smallest absolute Gasteiger partial charge is 0.304 e. The average Bonchev–Trinajstić information content (AvgIpc) is 3.23. The van der Waals surface area contributed by atoms with Crippen LogP contribution in [0.25, 0.3) is 0 Å². The lowest BCUT2D eigenvalue weighted by Gasteiger charge is -2.21. The Morgan fingerprint density at radius 1 is 1.35 bits per heavy atom. The predicted octanol–water partition coefficient (Wildman–Crippen LogP) is 1.32. The number of methoxy groups -OCH3 is 1. The topological polar surface area (TPSA) is 83.9 Å². The first kappa shape index (κ1) is 14.8. The molecule has 0 aliphatic heterocycles. The molecular weight excluding hydrogens is 282 g/mol. The first-order chi connectivity index (χ1) is 9.45. The zero-order valence-corrected chi connectivity index (χ0v) is 12.0. The minimum absolute atomic E-state index is 0.00830. The fourth-order valence-corrected chi connectivity index (χ4v) is 3.64. The van der Waals surface area contributed by atoms with Gasteiger partial charge < -0.3 is 9.84 Å². The number of sulfonamides is 1. The van der Waals surface area contributed by atoms with Crippen LogP contribution in [0.3, 0.4) is 0 Å². The molecule has 2 rings (SSSR count). The SMILES string of the molecule is COc1ccc(S(=O)(=O)N(CCC(=O)O)C2CC2)cc1. The Balaban J connectivity index is 2.22. The van der Waals surface area contributed by atoms with Crippen LogP contribution in [0.2, 0.25) is 0 Å². The van der Waals surface area contributed by atoms with Gasteiger partial charge in [0.15, 0.2) is 0 Å². The van der Waals surface area contributed by atoms with Crippen LogP contribution in [-0.4, -0.2) is 43.5 Å². The van der Waals surface area contributed by atoms with Gasteiger partial charge in [-0.2, -0.15) is 4.31 Å². The summed E-state index contributed by atoms with van der Waals surface area (Å²) < 4.78 is 31.3. The van der Waals surface area contributed by atoms with Crippen LogP contribution < -0.4 is 4.74 Å². The van der Waals surface area contributed by atoms with Crippen molar-refractivity contribution in [1.82, 2.24) is 4.31 Å². The molecule has 0 bridgehead atoms. The van der Waals surface area contributed by atoms with E-state index in [1.165, 1.54) is 23.5 Å². The zero-order chi connectivity index (χ0) is 14.8. The quantitative estimate of drug-likeness (QED) is 0.821. The van der Waals surface area contributed by atoms with Crippen LogP contribution in [0.15, 0.2) is 29.2 Å². The maximum Gasteiger partial charge on any atom is 0.304 e. The van der Waals surface area contributed by atoms with Gasteiger partial charge >= 0.3 is 5.97 Å². The standard InChI is InChI=1S/C13H17NO5S/c1-19-11-4-6-12(7-5-11)20(17,18)14(10-2-3-10)9-8-13(15)16/h4-7,10H,2-3,8-9H2,1H3,(H,15,16). The summed E-state index contributed by atoms with van der Waals surface area (Å²) >= 11 is 0. The number of carboxylic acids is 1. The van der Waals surface area contributed by atoms with E-state index in [9.17, 15) is 13.2 Å². The number of hydrogen-bond donors (Lipinski definition) is 1. The third-order valence-electron chi connectivity index (χ3n) is 3.17. The normalized spacial score (nSPS) is 15.3. The van der Waals surface area contributed by atoms with E-state index in [1.807, 2.05) is 0 Å². The monoisotopic (exact) mass is 299 g/mol. The predicted molar refractivity (Wildman–Crippen MR) is 72.2 cm³/mol. The minimum Gasteiger partial charge on any atom is -0.497 e. The van der Waals surface area contributed by atoms with Crippen LogP contribution in [0.5, 0.6) is 5.75 Å². The van der Waals surface area contributed by atoms with Gasteiger partial charge in [0.1, 0.15) is 5.75 Å². The van der Waals surface area contributed by atoms with Crippen LogP contribution >= 0.6 is 0 Å². The molecule has 1 fully saturated rings. The molecule has 1 aromatic rings. The molecule has 1 aliphatic rings. The van der Waals surface area contributed by atoms with E-state index in [2.05, 4.69) is 0 Å². The molecule has 0 heterocycles. The van der Waals surface area contributed by atoms with E-state index >= 15 is 0 Å². The molecule has 0 radical (unpaired) electrons. The summed E-state index contributed by atoms with van der Waals surface area (Å²) in [6.45, 7) is 0.00830. The molecule has 0 spiro atoms. The van der Waals surface area contributed by atoms with Gasteiger partial charge in [-0.1, -0.05) is 0 Å². The highest BCUT2D eigenvalue weighted by atomic mass is 32.2. The molecule has 0 aromatic heterocycles. The molecule has 7 heteroatoms. The summed E-state index contributed by atoms with van der Waals surface area (Å²) in [5, 5.41) is 8.73. The highest BCUT2D eigenvalue weighted by molar-refractivity contribution is 7.89. The van der Waals surface area contributed by atoms with Crippen molar-refractivity contribution in [3.8, 4) is 5.75 Å². The fraction of sp³-hybridized carbons (Fsp3) is 0.462. The number of nitrogens with zero attached hydrogens (tertiary/aromatic N) is 1. The van der Waals surface area contributed by atoms with E-state index < -0.39 is 16.0 Å². The summed E-state index contributed by atoms with van der Waals surface area (Å²) in [6.07, 6.45) is 1.38. The molecular formula is C13H17NO5S. The van der Waals surface area contributed by atoms with Crippen molar-refractivity contribution in [1.29, 1.82) is 0 Å². The van der Waals surface area contributed by atoms with Gasteiger partial charge in [-0.3, -0.25) is 4.79 Å². The first-order valence-corrected chi connectivity index (χ1v) is 7.77. The molecule has 1 saturated carbocycles. The molecule has 1 aliphatic carbocycles. The molecule has 6 nitrogen and oxygen atoms in total. The van der Waals surface area contributed by atoms with E-state index in [0.29, 0.717) is 5.75 Å². The lowest BCUT2D eigenvalue weighted by atomic mass is 10.3. The van der Waals surface area contributed by atoms with Crippen molar-refractivity contribution in [2.75, 3.05) is 13.7 Å². The molecule has 0 saturated heterocycles. The van der Waals surface area contributed by atoms with Crippen molar-refractivity contribution in [3.05, 3.63) is 24.3 Å². The Morgan fingerprint density at radius 3 is 2.40 bits per heavy atom. The Bertz CT molecular complexity index is 577. The molecule has 20 heavy (non-hydrogen) atoms. The van der Waals surface area contributed by atoms with Crippen LogP contribution in [0.1, 0.15) is 19.3 Å². The highest BCUT2D eigenvalue weighted by Crippen LogP contribution is 2.32. The van der Waals surface area contributed by atoms with E-state index in [0.717, 1.165) is 12.8 Å². The van der Waals surface area contributed by atoms with Crippen LogP contribution in [0, 0.1) is 0 Å². The molecule has 1 aromatic carbocycles. The summed E-state index contributed by atoms with van der Waals surface area (Å²) in [7, 11) is -2.14. The van der Waals surface area contributed by atoms with E-state index in [4.69, 9.17) is 9.84 Å². The third kappa shape index (κ3) is 3.29. The van der Waals surface area contributed by atoms with E-state index in [-0.39, 0.29) is 23.9 Å². The van der Waals surface area contributed by atoms with Gasteiger partial charge in [0.2, 0.25) is 10.0 Å². The maximum absolute atomic E-state index is 12.5. The number of hydrogen-bond acceptors (Lipinski definition) is 4. The van der Waals surface area contributed by atoms with Crippen LogP contribution in [0.4, 0.5) is 0 Å². The third-order valence-corrected chi connectivity index (χ3v) is 5.13. The minimum atomic E-state index is -3.64. The second-order valence-electron chi connectivity index (χ2n) is 4.67. The van der Waals surface area contributed by atoms with Crippen molar-refractivity contribution in [2.24, 2.45) is 0 Å². The first-order valence-electron chi connectivity index (χ1n) is 6.33. The number of ether oxygens (including phenoxy) is 1. The number of benzene rings is 1. The Labute approximate surface area is 118 Å². The zero-order valence-electron chi connectivity index (χ0n) is 11.2. The van der Waals surface area contributed by atoms with Crippen LogP contribution in [-0.2, 0) is 14.8 Å². The van der Waals surface area contributed by atoms with Gasteiger partial charge in [0.05, 0.1) is 18.4 Å². The van der Waals surface area contributed by atoms with Crippen molar-refractivity contribution in [3.63, 3.8) is 0 Å². The summed E-state index contributed by atoms with van der Waals surface area (Å²) in [4.78, 5) is 10.8. The Hall–Kier alpha value is -1.60.